The average Bonchev–Trinajstić information content (AvgIpc) is 2.17. The third-order valence-electron chi connectivity index (χ3n) is 2.06. The zero-order valence-electron chi connectivity index (χ0n) is 8.23. The highest BCUT2D eigenvalue weighted by molar-refractivity contribution is 5.39. The monoisotopic (exact) mass is 213 g/mol. The van der Waals surface area contributed by atoms with Crippen molar-refractivity contribution in [2.24, 2.45) is 0 Å². The molecule has 0 saturated heterocycles. The van der Waals surface area contributed by atoms with E-state index in [0.717, 1.165) is 6.07 Å². The molecule has 0 unspecified atom stereocenters. The maximum atomic E-state index is 12.6. The van der Waals surface area contributed by atoms with Crippen molar-refractivity contribution >= 4 is 0 Å². The Labute approximate surface area is 86.1 Å². The number of alkyl halides is 3. The van der Waals surface area contributed by atoms with Crippen LogP contribution in [0.5, 0.6) is 0 Å². The molecule has 80 valence electrons. The molecule has 0 fully saturated rings. The maximum absolute atomic E-state index is 12.6. The number of benzene rings is 1. The van der Waals surface area contributed by atoms with Crippen LogP contribution in [0.25, 0.3) is 0 Å². The molecule has 0 bridgehead atoms. The lowest BCUT2D eigenvalue weighted by Crippen LogP contribution is -2.09. The van der Waals surface area contributed by atoms with Crippen LogP contribution in [0.3, 0.4) is 0 Å². The predicted octanol–water partition coefficient (Wildman–Crippen LogP) is 3.53. The van der Waals surface area contributed by atoms with Crippen LogP contribution >= 0.6 is 0 Å². The van der Waals surface area contributed by atoms with Crippen molar-refractivity contribution < 1.29 is 13.2 Å². The zero-order valence-corrected chi connectivity index (χ0v) is 8.23. The van der Waals surface area contributed by atoms with Crippen molar-refractivity contribution in [3.63, 3.8) is 0 Å². The predicted molar refractivity (Wildman–Crippen MR) is 50.2 cm³/mol. The van der Waals surface area contributed by atoms with Gasteiger partial charge in [-0.25, -0.2) is 0 Å². The summed E-state index contributed by atoms with van der Waals surface area (Å²) in [6, 6.07) is 5.41. The van der Waals surface area contributed by atoms with Gasteiger partial charge in [0.05, 0.1) is 17.2 Å². The van der Waals surface area contributed by atoms with E-state index in [1.165, 1.54) is 12.1 Å². The van der Waals surface area contributed by atoms with Gasteiger partial charge in [-0.15, -0.1) is 0 Å². The molecule has 15 heavy (non-hydrogen) atoms. The Morgan fingerprint density at radius 3 is 2.47 bits per heavy atom. The van der Waals surface area contributed by atoms with Gasteiger partial charge in [-0.3, -0.25) is 0 Å². The van der Waals surface area contributed by atoms with E-state index in [0.29, 0.717) is 12.8 Å². The van der Waals surface area contributed by atoms with Gasteiger partial charge >= 0.3 is 6.18 Å². The lowest BCUT2D eigenvalue weighted by molar-refractivity contribution is -0.138. The second kappa shape index (κ2) is 4.35. The molecule has 1 nitrogen and oxygen atoms in total. The Kier molecular flexibility index (Phi) is 3.35. The highest BCUT2D eigenvalue weighted by atomic mass is 19.4. The van der Waals surface area contributed by atoms with E-state index in [4.69, 9.17) is 5.26 Å². The molecule has 0 N–H and O–H groups in total. The summed E-state index contributed by atoms with van der Waals surface area (Å²) in [7, 11) is 0. The van der Waals surface area contributed by atoms with Crippen LogP contribution < -0.4 is 0 Å². The minimum Gasteiger partial charge on any atom is -0.192 e. The quantitative estimate of drug-likeness (QED) is 0.737. The topological polar surface area (TPSA) is 23.8 Å². The summed E-state index contributed by atoms with van der Waals surface area (Å²) in [5, 5.41) is 8.53. The van der Waals surface area contributed by atoms with Crippen LogP contribution in [-0.4, -0.2) is 0 Å². The average molecular weight is 213 g/mol. The SMILES string of the molecule is CCCc1ccc(C#N)cc1C(F)(F)F. The minimum absolute atomic E-state index is 0.0437. The number of nitrogens with zero attached hydrogens (tertiary/aromatic N) is 1. The highest BCUT2D eigenvalue weighted by Gasteiger charge is 2.33. The van der Waals surface area contributed by atoms with E-state index in [2.05, 4.69) is 0 Å². The molecule has 0 amide bonds. The molecule has 1 aromatic rings. The fraction of sp³-hybridized carbons (Fsp3) is 0.364. The van der Waals surface area contributed by atoms with E-state index in [1.54, 1.807) is 6.07 Å². The van der Waals surface area contributed by atoms with Crippen molar-refractivity contribution in [3.05, 3.63) is 34.9 Å². The maximum Gasteiger partial charge on any atom is 0.416 e. The number of aryl methyl sites for hydroxylation is 1. The Bertz CT molecular complexity index is 388. The van der Waals surface area contributed by atoms with E-state index in [1.807, 2.05) is 6.92 Å². The molecule has 0 saturated carbocycles. The molecule has 0 heterocycles. The zero-order chi connectivity index (χ0) is 11.5. The number of halogens is 3. The molecule has 1 rings (SSSR count). The van der Waals surface area contributed by atoms with E-state index in [-0.39, 0.29) is 11.1 Å². The normalized spacial score (nSPS) is 11.1. The van der Waals surface area contributed by atoms with Gasteiger partial charge in [-0.05, 0) is 24.1 Å². The van der Waals surface area contributed by atoms with Crippen LogP contribution in [0.15, 0.2) is 18.2 Å². The number of rotatable bonds is 2. The van der Waals surface area contributed by atoms with Gasteiger partial charge in [-0.2, -0.15) is 18.4 Å². The number of hydrogen-bond acceptors (Lipinski definition) is 1. The lowest BCUT2D eigenvalue weighted by Gasteiger charge is -2.12. The summed E-state index contributed by atoms with van der Waals surface area (Å²) in [6.07, 6.45) is -3.35. The number of hydrogen-bond donors (Lipinski definition) is 0. The van der Waals surface area contributed by atoms with Crippen LogP contribution in [0.2, 0.25) is 0 Å². The van der Waals surface area contributed by atoms with Gasteiger partial charge in [0.2, 0.25) is 0 Å². The third-order valence-corrected chi connectivity index (χ3v) is 2.06. The molecule has 0 radical (unpaired) electrons. The summed E-state index contributed by atoms with van der Waals surface area (Å²) in [6.45, 7) is 1.82. The van der Waals surface area contributed by atoms with Crippen LogP contribution in [-0.2, 0) is 12.6 Å². The first-order chi connectivity index (χ1) is 6.99. The molecule has 4 heteroatoms. The molecule has 0 aromatic heterocycles. The molecule has 1 aromatic carbocycles. The Morgan fingerprint density at radius 1 is 1.33 bits per heavy atom. The van der Waals surface area contributed by atoms with Crippen LogP contribution in [0.4, 0.5) is 13.2 Å². The minimum atomic E-state index is -4.38. The summed E-state index contributed by atoms with van der Waals surface area (Å²) in [5.41, 5.74) is -0.394. The van der Waals surface area contributed by atoms with Gasteiger partial charge in [0.1, 0.15) is 0 Å². The van der Waals surface area contributed by atoms with Crippen molar-refractivity contribution in [1.82, 2.24) is 0 Å². The first-order valence-electron chi connectivity index (χ1n) is 4.59. The van der Waals surface area contributed by atoms with Gasteiger partial charge in [0, 0.05) is 0 Å². The first kappa shape index (κ1) is 11.6. The standard InChI is InChI=1S/C11H10F3N/c1-2-3-9-5-4-8(7-15)6-10(9)11(12,13)14/h4-6H,2-3H2,1H3. The van der Waals surface area contributed by atoms with Crippen molar-refractivity contribution in [2.45, 2.75) is 25.9 Å². The Hall–Kier alpha value is -1.50. The van der Waals surface area contributed by atoms with Gasteiger partial charge in [0.15, 0.2) is 0 Å². The Morgan fingerprint density at radius 2 is 2.00 bits per heavy atom. The fourth-order valence-corrected chi connectivity index (χ4v) is 1.40. The summed E-state index contributed by atoms with van der Waals surface area (Å²) in [4.78, 5) is 0. The summed E-state index contributed by atoms with van der Waals surface area (Å²) < 4.78 is 37.7. The van der Waals surface area contributed by atoms with Gasteiger partial charge in [-0.1, -0.05) is 19.4 Å². The molecule has 0 aliphatic rings. The fourth-order valence-electron chi connectivity index (χ4n) is 1.40. The molecule has 0 atom stereocenters. The third kappa shape index (κ3) is 2.72. The largest absolute Gasteiger partial charge is 0.416 e. The van der Waals surface area contributed by atoms with Crippen LogP contribution in [0.1, 0.15) is 30.0 Å². The number of nitriles is 1. The summed E-state index contributed by atoms with van der Waals surface area (Å²) in [5.74, 6) is 0. The second-order valence-electron chi connectivity index (χ2n) is 3.23. The molecular weight excluding hydrogens is 203 g/mol. The molecular formula is C11H10F3N. The molecule has 0 aliphatic carbocycles. The smallest absolute Gasteiger partial charge is 0.192 e. The van der Waals surface area contributed by atoms with E-state index in [9.17, 15) is 13.2 Å². The van der Waals surface area contributed by atoms with Crippen molar-refractivity contribution in [1.29, 1.82) is 5.26 Å². The molecule has 0 aliphatic heterocycles. The Balaban J connectivity index is 3.24. The van der Waals surface area contributed by atoms with Gasteiger partial charge < -0.3 is 0 Å². The van der Waals surface area contributed by atoms with Crippen molar-refractivity contribution in [3.8, 4) is 6.07 Å². The second-order valence-corrected chi connectivity index (χ2v) is 3.23. The van der Waals surface area contributed by atoms with Crippen LogP contribution in [0, 0.1) is 11.3 Å². The van der Waals surface area contributed by atoms with E-state index < -0.39 is 11.7 Å². The lowest BCUT2D eigenvalue weighted by atomic mass is 10.0. The first-order valence-corrected chi connectivity index (χ1v) is 4.59. The van der Waals surface area contributed by atoms with E-state index >= 15 is 0 Å². The summed E-state index contributed by atoms with van der Waals surface area (Å²) >= 11 is 0. The molecule has 0 spiro atoms. The highest BCUT2D eigenvalue weighted by Crippen LogP contribution is 2.33. The van der Waals surface area contributed by atoms with Crippen molar-refractivity contribution in [2.75, 3.05) is 0 Å². The van der Waals surface area contributed by atoms with Gasteiger partial charge in [0.25, 0.3) is 0 Å².